The molecule has 1 fully saturated rings. The monoisotopic (exact) mass is 370 g/mol. The van der Waals surface area contributed by atoms with Crippen molar-refractivity contribution in [2.75, 3.05) is 13.1 Å². The van der Waals surface area contributed by atoms with Crippen LogP contribution in [0.15, 0.2) is 54.6 Å². The second-order valence-electron chi connectivity index (χ2n) is 6.80. The predicted octanol–water partition coefficient (Wildman–Crippen LogP) is 2.77. The smallest absolute Gasteiger partial charge is 0.312 e. The Morgan fingerprint density at radius 3 is 2.52 bits per heavy atom. The van der Waals surface area contributed by atoms with Gasteiger partial charge in [-0.25, -0.2) is 4.39 Å². The van der Waals surface area contributed by atoms with Crippen molar-refractivity contribution in [1.29, 1.82) is 0 Å². The molecule has 3 rings (SSSR count). The first-order valence-corrected chi connectivity index (χ1v) is 9.08. The number of halogens is 1. The Bertz CT molecular complexity index is 780. The van der Waals surface area contributed by atoms with Crippen LogP contribution in [0.1, 0.15) is 29.9 Å². The van der Waals surface area contributed by atoms with Gasteiger partial charge in [0, 0.05) is 13.1 Å². The summed E-state index contributed by atoms with van der Waals surface area (Å²) in [5, 5.41) is 12.2. The summed E-state index contributed by atoms with van der Waals surface area (Å²) >= 11 is 0. The van der Waals surface area contributed by atoms with Crippen LogP contribution in [0.2, 0.25) is 0 Å². The van der Waals surface area contributed by atoms with Crippen molar-refractivity contribution >= 4 is 11.9 Å². The van der Waals surface area contributed by atoms with Gasteiger partial charge in [0.2, 0.25) is 5.91 Å². The number of benzene rings is 2. The molecule has 0 aromatic heterocycles. The van der Waals surface area contributed by atoms with Crippen molar-refractivity contribution in [2.45, 2.75) is 31.3 Å². The van der Waals surface area contributed by atoms with E-state index in [1.807, 2.05) is 30.3 Å². The fourth-order valence-electron chi connectivity index (χ4n) is 3.49. The Balaban J connectivity index is 1.61. The van der Waals surface area contributed by atoms with Gasteiger partial charge >= 0.3 is 5.97 Å². The Hall–Kier alpha value is -2.73. The van der Waals surface area contributed by atoms with E-state index in [4.69, 9.17) is 0 Å². The first-order chi connectivity index (χ1) is 13.0. The molecule has 2 aromatic rings. The van der Waals surface area contributed by atoms with Gasteiger partial charge in [0.25, 0.3) is 0 Å². The summed E-state index contributed by atoms with van der Waals surface area (Å²) in [7, 11) is 0. The highest BCUT2D eigenvalue weighted by Crippen LogP contribution is 2.21. The molecule has 0 saturated carbocycles. The maximum atomic E-state index is 13.1. The summed E-state index contributed by atoms with van der Waals surface area (Å²) in [6, 6.07) is 15.0. The lowest BCUT2D eigenvalue weighted by Crippen LogP contribution is -2.44. The highest BCUT2D eigenvalue weighted by Gasteiger charge is 2.31. The van der Waals surface area contributed by atoms with E-state index in [9.17, 15) is 19.1 Å². The van der Waals surface area contributed by atoms with Gasteiger partial charge < -0.3 is 10.4 Å². The third kappa shape index (κ3) is 4.92. The second-order valence-corrected chi connectivity index (χ2v) is 6.80. The molecule has 1 aliphatic rings. The number of rotatable bonds is 7. The molecule has 2 atom stereocenters. The predicted molar refractivity (Wildman–Crippen MR) is 99.7 cm³/mol. The van der Waals surface area contributed by atoms with Crippen molar-refractivity contribution in [3.05, 3.63) is 71.5 Å². The van der Waals surface area contributed by atoms with E-state index in [2.05, 4.69) is 10.2 Å². The van der Waals surface area contributed by atoms with Gasteiger partial charge in [-0.3, -0.25) is 14.5 Å². The van der Waals surface area contributed by atoms with Crippen molar-refractivity contribution in [3.8, 4) is 0 Å². The first-order valence-electron chi connectivity index (χ1n) is 9.08. The van der Waals surface area contributed by atoms with E-state index >= 15 is 0 Å². The number of carboxylic acids is 1. The molecular formula is C21H23FN2O3. The van der Waals surface area contributed by atoms with Crippen LogP contribution in [0.5, 0.6) is 0 Å². The van der Waals surface area contributed by atoms with Crippen molar-refractivity contribution < 1.29 is 19.1 Å². The lowest BCUT2D eigenvalue weighted by molar-refractivity contribution is -0.138. The largest absolute Gasteiger partial charge is 0.481 e. The standard InChI is InChI=1S/C21H23FN2O3/c22-17-10-8-16(9-11-17)18(21(26)27)13-23-20(25)19-7-4-12-24(19)14-15-5-2-1-3-6-15/h1-3,5-6,8-11,18-19H,4,7,12-14H2,(H,23,25)(H,26,27). The molecule has 0 aliphatic carbocycles. The van der Waals surface area contributed by atoms with Gasteiger partial charge in [0.1, 0.15) is 5.82 Å². The average Bonchev–Trinajstić information content (AvgIpc) is 3.12. The number of carboxylic acid groups (broad SMARTS) is 1. The molecule has 142 valence electrons. The number of nitrogens with zero attached hydrogens (tertiary/aromatic N) is 1. The molecule has 6 heteroatoms. The third-order valence-corrected chi connectivity index (χ3v) is 4.95. The fourth-order valence-corrected chi connectivity index (χ4v) is 3.49. The van der Waals surface area contributed by atoms with Crippen molar-refractivity contribution in [3.63, 3.8) is 0 Å². The van der Waals surface area contributed by atoms with Gasteiger partial charge in [-0.05, 0) is 42.6 Å². The molecule has 5 nitrogen and oxygen atoms in total. The summed E-state index contributed by atoms with van der Waals surface area (Å²) in [4.78, 5) is 26.3. The van der Waals surface area contributed by atoms with Gasteiger partial charge in [-0.15, -0.1) is 0 Å². The van der Waals surface area contributed by atoms with Gasteiger partial charge in [0.05, 0.1) is 12.0 Å². The Labute approximate surface area is 157 Å². The Morgan fingerprint density at radius 1 is 1.15 bits per heavy atom. The number of likely N-dealkylation sites (tertiary alicyclic amines) is 1. The van der Waals surface area contributed by atoms with Crippen LogP contribution >= 0.6 is 0 Å². The van der Waals surface area contributed by atoms with Crippen LogP contribution in [0.25, 0.3) is 0 Å². The van der Waals surface area contributed by atoms with E-state index in [1.54, 1.807) is 0 Å². The van der Waals surface area contributed by atoms with Gasteiger partial charge in [-0.1, -0.05) is 42.5 Å². The zero-order valence-corrected chi connectivity index (χ0v) is 15.0. The Morgan fingerprint density at radius 2 is 1.85 bits per heavy atom. The van der Waals surface area contributed by atoms with E-state index in [0.717, 1.165) is 24.9 Å². The molecule has 0 spiro atoms. The van der Waals surface area contributed by atoms with Crippen molar-refractivity contribution in [1.82, 2.24) is 10.2 Å². The molecule has 2 aromatic carbocycles. The maximum Gasteiger partial charge on any atom is 0.312 e. The zero-order chi connectivity index (χ0) is 19.2. The molecule has 2 N–H and O–H groups in total. The minimum atomic E-state index is -1.05. The number of carbonyl (C=O) groups is 2. The van der Waals surface area contributed by atoms with Crippen LogP contribution in [-0.4, -0.2) is 41.0 Å². The molecule has 1 aliphatic heterocycles. The average molecular weight is 370 g/mol. The summed E-state index contributed by atoms with van der Waals surface area (Å²) in [6.45, 7) is 1.52. The molecule has 0 radical (unpaired) electrons. The number of carbonyl (C=O) groups excluding carboxylic acids is 1. The quantitative estimate of drug-likeness (QED) is 0.786. The second kappa shape index (κ2) is 8.77. The SMILES string of the molecule is O=C(O)C(CNC(=O)C1CCCN1Cc1ccccc1)c1ccc(F)cc1. The molecule has 0 bridgehead atoms. The fraction of sp³-hybridized carbons (Fsp3) is 0.333. The highest BCUT2D eigenvalue weighted by atomic mass is 19.1. The summed E-state index contributed by atoms with van der Waals surface area (Å²) in [6.07, 6.45) is 1.69. The minimum absolute atomic E-state index is 0.0184. The molecule has 27 heavy (non-hydrogen) atoms. The number of aliphatic carboxylic acids is 1. The molecule has 1 saturated heterocycles. The van der Waals surface area contributed by atoms with E-state index in [-0.39, 0.29) is 18.5 Å². The highest BCUT2D eigenvalue weighted by molar-refractivity contribution is 5.83. The molecular weight excluding hydrogens is 347 g/mol. The van der Waals surface area contributed by atoms with Gasteiger partial charge in [-0.2, -0.15) is 0 Å². The number of amides is 1. The lowest BCUT2D eigenvalue weighted by atomic mass is 9.99. The number of hydrogen-bond acceptors (Lipinski definition) is 3. The van der Waals surface area contributed by atoms with Crippen molar-refractivity contribution in [2.24, 2.45) is 0 Å². The van der Waals surface area contributed by atoms with E-state index < -0.39 is 17.7 Å². The summed E-state index contributed by atoms with van der Waals surface area (Å²) in [5.74, 6) is -2.53. The number of nitrogens with one attached hydrogen (secondary N) is 1. The zero-order valence-electron chi connectivity index (χ0n) is 15.0. The van der Waals surface area contributed by atoms with Crippen LogP contribution in [-0.2, 0) is 16.1 Å². The summed E-state index contributed by atoms with van der Waals surface area (Å²) < 4.78 is 13.1. The normalized spacial score (nSPS) is 18.2. The molecule has 2 unspecified atom stereocenters. The van der Waals surface area contributed by atoms with Crippen LogP contribution in [0.3, 0.4) is 0 Å². The van der Waals surface area contributed by atoms with E-state index in [1.165, 1.54) is 24.3 Å². The Kier molecular flexibility index (Phi) is 6.19. The van der Waals surface area contributed by atoms with Crippen LogP contribution in [0.4, 0.5) is 4.39 Å². The van der Waals surface area contributed by atoms with Crippen LogP contribution in [0, 0.1) is 5.82 Å². The number of hydrogen-bond donors (Lipinski definition) is 2. The lowest BCUT2D eigenvalue weighted by Gasteiger charge is -2.24. The van der Waals surface area contributed by atoms with Crippen LogP contribution < -0.4 is 5.32 Å². The summed E-state index contributed by atoms with van der Waals surface area (Å²) in [5.41, 5.74) is 1.61. The van der Waals surface area contributed by atoms with Gasteiger partial charge in [0.15, 0.2) is 0 Å². The van der Waals surface area contributed by atoms with E-state index in [0.29, 0.717) is 12.1 Å². The molecule has 1 amide bonds. The molecule has 1 heterocycles. The third-order valence-electron chi connectivity index (χ3n) is 4.95. The first kappa shape index (κ1) is 19.0. The maximum absolute atomic E-state index is 13.1. The minimum Gasteiger partial charge on any atom is -0.481 e. The topological polar surface area (TPSA) is 69.6 Å².